The van der Waals surface area contributed by atoms with E-state index in [1.165, 1.54) is 22.5 Å². The first-order valence-electron chi connectivity index (χ1n) is 7.27. The summed E-state index contributed by atoms with van der Waals surface area (Å²) in [6.07, 6.45) is 1.05. The number of carbonyl (C=O) groups excluding carboxylic acids is 1. The van der Waals surface area contributed by atoms with Crippen molar-refractivity contribution in [2.75, 3.05) is 19.6 Å². The number of amides is 1. The lowest BCUT2D eigenvalue weighted by Crippen LogP contribution is -2.48. The molecule has 1 fully saturated rings. The third-order valence-electron chi connectivity index (χ3n) is 3.90. The average Bonchev–Trinajstić information content (AvgIpc) is 3.09. The number of hydrogen-bond donors (Lipinski definition) is 1. The molecule has 3 rings (SSSR count). The van der Waals surface area contributed by atoms with Gasteiger partial charge in [0, 0.05) is 31.1 Å². The van der Waals surface area contributed by atoms with Crippen LogP contribution in [-0.2, 0) is 6.42 Å². The number of aryl methyl sites for hydroxylation is 1. The van der Waals surface area contributed by atoms with Crippen molar-refractivity contribution in [2.45, 2.75) is 19.4 Å². The summed E-state index contributed by atoms with van der Waals surface area (Å²) < 4.78 is 0. The number of benzene rings is 1. The largest absolute Gasteiger partial charge is 0.334 e. The Kier molecular flexibility index (Phi) is 4.31. The van der Waals surface area contributed by atoms with Crippen LogP contribution in [0.15, 0.2) is 35.2 Å². The summed E-state index contributed by atoms with van der Waals surface area (Å²) in [6.45, 7) is 4.40. The summed E-state index contributed by atoms with van der Waals surface area (Å²) in [7, 11) is 0. The Morgan fingerprint density at radius 2 is 2.24 bits per heavy atom. The Bertz CT molecular complexity index is 594. The van der Waals surface area contributed by atoms with Crippen molar-refractivity contribution in [1.29, 1.82) is 0 Å². The molecular formula is C16H19N3OS. The van der Waals surface area contributed by atoms with Gasteiger partial charge in [0.25, 0.3) is 5.91 Å². The van der Waals surface area contributed by atoms with Crippen LogP contribution in [0.2, 0.25) is 0 Å². The highest BCUT2D eigenvalue weighted by Crippen LogP contribution is 2.19. The second-order valence-corrected chi connectivity index (χ2v) is 5.95. The third-order valence-corrected chi connectivity index (χ3v) is 4.49. The van der Waals surface area contributed by atoms with Gasteiger partial charge in [0.15, 0.2) is 0 Å². The predicted molar refractivity (Wildman–Crippen MR) is 84.6 cm³/mol. The molecule has 21 heavy (non-hydrogen) atoms. The fourth-order valence-electron chi connectivity index (χ4n) is 2.62. The molecule has 0 aliphatic carbocycles. The zero-order valence-electron chi connectivity index (χ0n) is 12.1. The summed E-state index contributed by atoms with van der Waals surface area (Å²) in [6, 6.07) is 8.85. The number of rotatable bonds is 3. The monoisotopic (exact) mass is 301 g/mol. The smallest absolute Gasteiger partial charge is 0.273 e. The molecule has 1 aliphatic rings. The van der Waals surface area contributed by atoms with Gasteiger partial charge in [0.05, 0.1) is 5.51 Å². The molecule has 1 saturated heterocycles. The maximum atomic E-state index is 12.4. The fourth-order valence-corrected chi connectivity index (χ4v) is 3.15. The van der Waals surface area contributed by atoms with E-state index < -0.39 is 0 Å². The molecule has 0 saturated carbocycles. The number of aromatic nitrogens is 1. The molecule has 1 aromatic carbocycles. The van der Waals surface area contributed by atoms with Crippen molar-refractivity contribution in [1.82, 2.24) is 15.2 Å². The van der Waals surface area contributed by atoms with Crippen molar-refractivity contribution in [2.24, 2.45) is 0 Å². The first-order chi connectivity index (χ1) is 10.3. The highest BCUT2D eigenvalue weighted by atomic mass is 32.1. The summed E-state index contributed by atoms with van der Waals surface area (Å²) >= 11 is 1.46. The summed E-state index contributed by atoms with van der Waals surface area (Å²) in [5.41, 5.74) is 4.84. The van der Waals surface area contributed by atoms with E-state index >= 15 is 0 Å². The second kappa shape index (κ2) is 6.37. The zero-order chi connectivity index (χ0) is 14.7. The normalized spacial score (nSPS) is 18.7. The predicted octanol–water partition coefficient (Wildman–Crippen LogP) is 2.49. The topological polar surface area (TPSA) is 45.2 Å². The lowest BCUT2D eigenvalue weighted by molar-refractivity contribution is 0.0698. The molecule has 0 bridgehead atoms. The van der Waals surface area contributed by atoms with Crippen LogP contribution in [0.1, 0.15) is 34.6 Å². The van der Waals surface area contributed by atoms with Gasteiger partial charge in [0.2, 0.25) is 0 Å². The molecule has 5 heteroatoms. The Morgan fingerprint density at radius 3 is 2.90 bits per heavy atom. The first kappa shape index (κ1) is 14.2. The molecule has 2 aromatic rings. The summed E-state index contributed by atoms with van der Waals surface area (Å²) in [5, 5.41) is 5.31. The Morgan fingerprint density at radius 1 is 1.43 bits per heavy atom. The van der Waals surface area contributed by atoms with Crippen LogP contribution >= 0.6 is 11.3 Å². The van der Waals surface area contributed by atoms with Crippen LogP contribution in [0, 0.1) is 0 Å². The number of piperazine rings is 1. The van der Waals surface area contributed by atoms with Gasteiger partial charge in [-0.25, -0.2) is 4.98 Å². The van der Waals surface area contributed by atoms with Gasteiger partial charge in [0.1, 0.15) is 5.69 Å². The lowest BCUT2D eigenvalue weighted by Gasteiger charge is -2.33. The Hall–Kier alpha value is -1.72. The van der Waals surface area contributed by atoms with Crippen molar-refractivity contribution in [3.05, 3.63) is 52.0 Å². The highest BCUT2D eigenvalue weighted by molar-refractivity contribution is 7.07. The molecular weight excluding hydrogens is 282 g/mol. The molecule has 4 nitrogen and oxygen atoms in total. The summed E-state index contributed by atoms with van der Waals surface area (Å²) in [4.78, 5) is 18.4. The summed E-state index contributed by atoms with van der Waals surface area (Å²) in [5.74, 6) is 0.0351. The number of nitrogens with zero attached hydrogens (tertiary/aromatic N) is 2. The third kappa shape index (κ3) is 3.14. The first-order valence-corrected chi connectivity index (χ1v) is 8.22. The SMILES string of the molecule is CCc1ccc([C@@H]2CN(C(=O)c3cscn3)CCN2)cc1. The van der Waals surface area contributed by atoms with E-state index in [4.69, 9.17) is 0 Å². The van der Waals surface area contributed by atoms with E-state index in [0.717, 1.165) is 19.5 Å². The van der Waals surface area contributed by atoms with Crippen molar-refractivity contribution >= 4 is 17.2 Å². The van der Waals surface area contributed by atoms with E-state index in [-0.39, 0.29) is 11.9 Å². The molecule has 1 aromatic heterocycles. The fraction of sp³-hybridized carbons (Fsp3) is 0.375. The van der Waals surface area contributed by atoms with Crippen LogP contribution in [-0.4, -0.2) is 35.4 Å². The van der Waals surface area contributed by atoms with E-state index in [1.807, 2.05) is 10.3 Å². The van der Waals surface area contributed by atoms with Crippen molar-refractivity contribution in [3.8, 4) is 0 Å². The Labute approximate surface area is 128 Å². The molecule has 0 unspecified atom stereocenters. The average molecular weight is 301 g/mol. The maximum Gasteiger partial charge on any atom is 0.273 e. The van der Waals surface area contributed by atoms with Gasteiger partial charge in [-0.05, 0) is 17.5 Å². The maximum absolute atomic E-state index is 12.4. The molecule has 110 valence electrons. The van der Waals surface area contributed by atoms with E-state index in [9.17, 15) is 4.79 Å². The number of hydrogen-bond acceptors (Lipinski definition) is 4. The molecule has 1 atom stereocenters. The van der Waals surface area contributed by atoms with Crippen LogP contribution in [0.5, 0.6) is 0 Å². The minimum absolute atomic E-state index is 0.0351. The van der Waals surface area contributed by atoms with Gasteiger partial charge < -0.3 is 10.2 Å². The van der Waals surface area contributed by atoms with Gasteiger partial charge >= 0.3 is 0 Å². The van der Waals surface area contributed by atoms with Crippen LogP contribution < -0.4 is 5.32 Å². The van der Waals surface area contributed by atoms with E-state index in [2.05, 4.69) is 41.5 Å². The van der Waals surface area contributed by atoms with Crippen molar-refractivity contribution < 1.29 is 4.79 Å². The Balaban J connectivity index is 1.71. The highest BCUT2D eigenvalue weighted by Gasteiger charge is 2.25. The van der Waals surface area contributed by atoms with Crippen molar-refractivity contribution in [3.63, 3.8) is 0 Å². The van der Waals surface area contributed by atoms with Crippen LogP contribution in [0.4, 0.5) is 0 Å². The molecule has 2 heterocycles. The van der Waals surface area contributed by atoms with E-state index in [0.29, 0.717) is 12.2 Å². The molecule has 1 amide bonds. The molecule has 1 N–H and O–H groups in total. The van der Waals surface area contributed by atoms with Gasteiger partial charge in [-0.1, -0.05) is 31.2 Å². The zero-order valence-corrected chi connectivity index (χ0v) is 12.9. The standard InChI is InChI=1S/C16H19N3OS/c1-2-12-3-5-13(6-4-12)14-9-19(8-7-17-14)16(20)15-10-21-11-18-15/h3-6,10-11,14,17H,2,7-9H2,1H3/t14-/m0/s1. The molecule has 1 aliphatic heterocycles. The quantitative estimate of drug-likeness (QED) is 0.947. The van der Waals surface area contributed by atoms with E-state index in [1.54, 1.807) is 5.51 Å². The minimum atomic E-state index is 0.0351. The second-order valence-electron chi connectivity index (χ2n) is 5.23. The lowest BCUT2D eigenvalue weighted by atomic mass is 10.0. The van der Waals surface area contributed by atoms with Gasteiger partial charge in [-0.2, -0.15) is 0 Å². The van der Waals surface area contributed by atoms with Crippen LogP contribution in [0.25, 0.3) is 0 Å². The van der Waals surface area contributed by atoms with Gasteiger partial charge in [-0.3, -0.25) is 4.79 Å². The molecule has 0 spiro atoms. The number of nitrogens with one attached hydrogen (secondary N) is 1. The number of carbonyl (C=O) groups is 1. The molecule has 0 radical (unpaired) electrons. The van der Waals surface area contributed by atoms with Crippen LogP contribution in [0.3, 0.4) is 0 Å². The number of thiazole rings is 1. The minimum Gasteiger partial charge on any atom is -0.334 e. The van der Waals surface area contributed by atoms with Gasteiger partial charge in [-0.15, -0.1) is 11.3 Å².